The van der Waals surface area contributed by atoms with Crippen LogP contribution in [0.2, 0.25) is 0 Å². The van der Waals surface area contributed by atoms with Crippen molar-refractivity contribution in [1.82, 2.24) is 15.3 Å². The molecule has 2 heterocycles. The maximum absolute atomic E-state index is 11.4. The number of carbonyl (C=O) groups excluding carboxylic acids is 1. The van der Waals surface area contributed by atoms with Gasteiger partial charge >= 0.3 is 6.09 Å². The van der Waals surface area contributed by atoms with Crippen LogP contribution in [0.1, 0.15) is 20.8 Å². The van der Waals surface area contributed by atoms with Crippen molar-refractivity contribution in [2.24, 2.45) is 0 Å². The number of aromatic nitrogens is 2. The fourth-order valence-electron chi connectivity index (χ4n) is 1.44. The van der Waals surface area contributed by atoms with E-state index in [9.17, 15) is 4.79 Å². The molecular weight excluding hydrogens is 278 g/mol. The number of carbonyl (C=O) groups is 1. The average Bonchev–Trinajstić information content (AvgIpc) is 2.79. The van der Waals surface area contributed by atoms with E-state index in [0.717, 1.165) is 10.3 Å². The Labute approximate surface area is 121 Å². The summed E-state index contributed by atoms with van der Waals surface area (Å²) in [6.07, 6.45) is -0.452. The van der Waals surface area contributed by atoms with Crippen LogP contribution in [0.3, 0.4) is 0 Å². The van der Waals surface area contributed by atoms with Gasteiger partial charge in [-0.05, 0) is 26.8 Å². The number of fused-ring (bicyclic) bond motifs is 1. The molecular formula is C13H17N3O3S. The van der Waals surface area contributed by atoms with Crippen molar-refractivity contribution in [3.05, 3.63) is 17.6 Å². The monoisotopic (exact) mass is 295 g/mol. The van der Waals surface area contributed by atoms with Crippen molar-refractivity contribution >= 4 is 27.8 Å². The van der Waals surface area contributed by atoms with Gasteiger partial charge in [-0.25, -0.2) is 14.8 Å². The summed E-state index contributed by atoms with van der Waals surface area (Å²) in [6.45, 7) is 6.14. The van der Waals surface area contributed by atoms with E-state index in [1.165, 1.54) is 11.3 Å². The predicted octanol–water partition coefficient (Wildman–Crippen LogP) is 2.59. The zero-order chi connectivity index (χ0) is 14.6. The fourth-order valence-corrected chi connectivity index (χ4v) is 2.09. The molecule has 0 aliphatic carbocycles. The second-order valence-corrected chi connectivity index (χ2v) is 5.94. The van der Waals surface area contributed by atoms with E-state index >= 15 is 0 Å². The minimum atomic E-state index is -0.496. The molecule has 0 bridgehead atoms. The Balaban J connectivity index is 1.74. The van der Waals surface area contributed by atoms with Gasteiger partial charge in [-0.2, -0.15) is 0 Å². The Morgan fingerprint density at radius 1 is 1.40 bits per heavy atom. The van der Waals surface area contributed by atoms with E-state index in [1.807, 2.05) is 26.8 Å². The lowest BCUT2D eigenvalue weighted by molar-refractivity contribution is 0.0520. The number of ether oxygens (including phenoxy) is 2. The normalized spacial score (nSPS) is 11.3. The van der Waals surface area contributed by atoms with E-state index < -0.39 is 11.7 Å². The second-order valence-electron chi connectivity index (χ2n) is 5.10. The van der Waals surface area contributed by atoms with E-state index in [2.05, 4.69) is 15.3 Å². The first-order chi connectivity index (χ1) is 9.44. The highest BCUT2D eigenvalue weighted by Crippen LogP contribution is 2.18. The van der Waals surface area contributed by atoms with E-state index in [1.54, 1.807) is 11.6 Å². The topological polar surface area (TPSA) is 73.3 Å². The molecule has 1 amide bonds. The quantitative estimate of drug-likeness (QED) is 0.878. The molecule has 0 unspecified atom stereocenters. The molecule has 0 fully saturated rings. The molecule has 108 valence electrons. The van der Waals surface area contributed by atoms with Crippen molar-refractivity contribution in [1.29, 1.82) is 0 Å². The minimum absolute atomic E-state index is 0.330. The standard InChI is InChI=1S/C13H17N3O3S/c1-13(2,3)19-12(17)14-6-7-18-10-5-4-9-11(16-10)20-8-15-9/h4-5,8H,6-7H2,1-3H3,(H,14,17). The Kier molecular flexibility index (Phi) is 4.39. The van der Waals surface area contributed by atoms with E-state index in [0.29, 0.717) is 19.0 Å². The van der Waals surface area contributed by atoms with Gasteiger partial charge in [0.15, 0.2) is 0 Å². The molecule has 0 aliphatic heterocycles. The van der Waals surface area contributed by atoms with Crippen LogP contribution in [-0.2, 0) is 4.74 Å². The SMILES string of the molecule is CC(C)(C)OC(=O)NCCOc1ccc2ncsc2n1. The number of alkyl carbamates (subject to hydrolysis) is 1. The largest absolute Gasteiger partial charge is 0.476 e. The molecule has 2 rings (SSSR count). The van der Waals surface area contributed by atoms with E-state index in [-0.39, 0.29) is 0 Å². The number of rotatable bonds is 4. The van der Waals surface area contributed by atoms with Gasteiger partial charge in [-0.15, -0.1) is 11.3 Å². The Morgan fingerprint density at radius 3 is 2.95 bits per heavy atom. The number of nitrogens with one attached hydrogen (secondary N) is 1. The first-order valence-corrected chi connectivity index (χ1v) is 7.12. The lowest BCUT2D eigenvalue weighted by atomic mass is 10.2. The van der Waals surface area contributed by atoms with Crippen LogP contribution in [0.4, 0.5) is 4.79 Å². The van der Waals surface area contributed by atoms with Crippen LogP contribution in [0.15, 0.2) is 17.6 Å². The predicted molar refractivity (Wildman–Crippen MR) is 77.1 cm³/mol. The molecule has 0 spiro atoms. The summed E-state index contributed by atoms with van der Waals surface area (Å²) >= 11 is 1.46. The number of nitrogens with zero attached hydrogens (tertiary/aromatic N) is 2. The summed E-state index contributed by atoms with van der Waals surface area (Å²) in [5.41, 5.74) is 2.10. The van der Waals surface area contributed by atoms with Gasteiger partial charge in [-0.1, -0.05) is 0 Å². The first-order valence-electron chi connectivity index (χ1n) is 6.24. The van der Waals surface area contributed by atoms with Crippen LogP contribution >= 0.6 is 11.3 Å². The van der Waals surface area contributed by atoms with Gasteiger partial charge in [0.1, 0.15) is 22.6 Å². The summed E-state index contributed by atoms with van der Waals surface area (Å²) in [7, 11) is 0. The fraction of sp³-hybridized carbons (Fsp3) is 0.462. The molecule has 1 N–H and O–H groups in total. The molecule has 7 heteroatoms. The number of pyridine rings is 1. The molecule has 20 heavy (non-hydrogen) atoms. The molecule has 0 saturated carbocycles. The van der Waals surface area contributed by atoms with Gasteiger partial charge in [0.05, 0.1) is 12.1 Å². The van der Waals surface area contributed by atoms with Crippen molar-refractivity contribution in [3.63, 3.8) is 0 Å². The van der Waals surface area contributed by atoms with Gasteiger partial charge in [0, 0.05) is 6.07 Å². The third-order valence-electron chi connectivity index (χ3n) is 2.19. The minimum Gasteiger partial charge on any atom is -0.476 e. The van der Waals surface area contributed by atoms with Gasteiger partial charge in [0.2, 0.25) is 5.88 Å². The second kappa shape index (κ2) is 6.04. The van der Waals surface area contributed by atoms with Gasteiger partial charge < -0.3 is 14.8 Å². The number of hydrogen-bond acceptors (Lipinski definition) is 6. The van der Waals surface area contributed by atoms with Crippen LogP contribution < -0.4 is 10.1 Å². The van der Waals surface area contributed by atoms with Crippen LogP contribution in [0, 0.1) is 0 Å². The summed E-state index contributed by atoms with van der Waals surface area (Å²) in [5.74, 6) is 0.521. The van der Waals surface area contributed by atoms with Crippen molar-refractivity contribution in [3.8, 4) is 5.88 Å². The Morgan fingerprint density at radius 2 is 2.20 bits per heavy atom. The molecule has 0 aliphatic rings. The molecule has 0 saturated heterocycles. The number of hydrogen-bond donors (Lipinski definition) is 1. The summed E-state index contributed by atoms with van der Waals surface area (Å²) < 4.78 is 10.6. The van der Waals surface area contributed by atoms with Crippen molar-refractivity contribution < 1.29 is 14.3 Å². The lowest BCUT2D eigenvalue weighted by Crippen LogP contribution is -2.34. The van der Waals surface area contributed by atoms with Gasteiger partial charge in [0.25, 0.3) is 0 Å². The first kappa shape index (κ1) is 14.5. The highest BCUT2D eigenvalue weighted by molar-refractivity contribution is 7.16. The third kappa shape index (κ3) is 4.34. The number of thiazole rings is 1. The lowest BCUT2D eigenvalue weighted by Gasteiger charge is -2.19. The molecule has 2 aromatic heterocycles. The summed E-state index contributed by atoms with van der Waals surface area (Å²) in [4.78, 5) is 20.7. The van der Waals surface area contributed by atoms with Crippen LogP contribution in [0.5, 0.6) is 5.88 Å². The summed E-state index contributed by atoms with van der Waals surface area (Å²) in [6, 6.07) is 3.62. The van der Waals surface area contributed by atoms with Gasteiger partial charge in [-0.3, -0.25) is 0 Å². The van der Waals surface area contributed by atoms with Crippen LogP contribution in [-0.4, -0.2) is 34.8 Å². The zero-order valence-electron chi connectivity index (χ0n) is 11.7. The van der Waals surface area contributed by atoms with Crippen molar-refractivity contribution in [2.45, 2.75) is 26.4 Å². The van der Waals surface area contributed by atoms with Crippen LogP contribution in [0.25, 0.3) is 10.3 Å². The average molecular weight is 295 g/mol. The Hall–Kier alpha value is -1.89. The molecule has 2 aromatic rings. The molecule has 0 radical (unpaired) electrons. The Bertz CT molecular complexity index is 592. The van der Waals surface area contributed by atoms with Crippen molar-refractivity contribution in [2.75, 3.05) is 13.2 Å². The highest BCUT2D eigenvalue weighted by Gasteiger charge is 2.15. The maximum Gasteiger partial charge on any atom is 0.407 e. The smallest absolute Gasteiger partial charge is 0.407 e. The molecule has 6 nitrogen and oxygen atoms in total. The zero-order valence-corrected chi connectivity index (χ0v) is 12.5. The summed E-state index contributed by atoms with van der Waals surface area (Å²) in [5, 5.41) is 2.62. The number of amides is 1. The third-order valence-corrected chi connectivity index (χ3v) is 2.93. The highest BCUT2D eigenvalue weighted by atomic mass is 32.1. The van der Waals surface area contributed by atoms with E-state index in [4.69, 9.17) is 9.47 Å². The maximum atomic E-state index is 11.4. The molecule has 0 atom stereocenters. The molecule has 0 aromatic carbocycles.